The predicted molar refractivity (Wildman–Crippen MR) is 72.8 cm³/mol. The summed E-state index contributed by atoms with van der Waals surface area (Å²) in [5.74, 6) is 1.34. The van der Waals surface area contributed by atoms with Crippen LogP contribution in [-0.4, -0.2) is 46.9 Å². The number of ether oxygens (including phenoxy) is 2. The van der Waals surface area contributed by atoms with E-state index in [1.54, 1.807) is 14.2 Å². The Morgan fingerprint density at radius 2 is 2.20 bits per heavy atom. The van der Waals surface area contributed by atoms with Crippen LogP contribution in [0.25, 0.3) is 11.0 Å². The molecule has 108 valence electrons. The van der Waals surface area contributed by atoms with Crippen LogP contribution in [0.15, 0.2) is 18.2 Å². The Hall–Kier alpha value is -2.28. The van der Waals surface area contributed by atoms with Crippen molar-refractivity contribution < 1.29 is 19.4 Å². The van der Waals surface area contributed by atoms with Crippen molar-refractivity contribution in [2.75, 3.05) is 21.3 Å². The van der Waals surface area contributed by atoms with E-state index in [-0.39, 0.29) is 6.54 Å². The molecule has 0 saturated heterocycles. The van der Waals surface area contributed by atoms with Gasteiger partial charge in [-0.2, -0.15) is 0 Å². The Labute approximate surface area is 116 Å². The van der Waals surface area contributed by atoms with E-state index in [1.807, 2.05) is 22.8 Å². The van der Waals surface area contributed by atoms with Crippen molar-refractivity contribution in [1.29, 1.82) is 0 Å². The summed E-state index contributed by atoms with van der Waals surface area (Å²) in [4.78, 5) is 16.5. The number of methoxy groups -OCH3 is 2. The Morgan fingerprint density at radius 3 is 2.80 bits per heavy atom. The minimum absolute atomic E-state index is 0.190. The Kier molecular flexibility index (Phi) is 4.09. The molecule has 0 spiro atoms. The van der Waals surface area contributed by atoms with Gasteiger partial charge < -0.3 is 24.0 Å². The van der Waals surface area contributed by atoms with Gasteiger partial charge in [-0.05, 0) is 12.1 Å². The van der Waals surface area contributed by atoms with Crippen molar-refractivity contribution in [2.24, 2.45) is 0 Å². The molecular formula is C13H17N3O4. The number of aromatic nitrogens is 2. The second kappa shape index (κ2) is 5.79. The number of nitrogens with zero attached hydrogens (tertiary/aromatic N) is 3. The van der Waals surface area contributed by atoms with Crippen LogP contribution in [0, 0.1) is 0 Å². The molecule has 0 aliphatic heterocycles. The highest BCUT2D eigenvalue weighted by molar-refractivity contribution is 5.78. The van der Waals surface area contributed by atoms with Crippen LogP contribution in [0.4, 0.5) is 4.79 Å². The fourth-order valence-electron chi connectivity index (χ4n) is 1.95. The fourth-order valence-corrected chi connectivity index (χ4v) is 1.95. The van der Waals surface area contributed by atoms with Crippen molar-refractivity contribution in [3.63, 3.8) is 0 Å². The molecule has 7 heteroatoms. The molecule has 1 amide bonds. The molecule has 0 unspecified atom stereocenters. The van der Waals surface area contributed by atoms with Gasteiger partial charge >= 0.3 is 6.09 Å². The molecule has 20 heavy (non-hydrogen) atoms. The zero-order chi connectivity index (χ0) is 14.7. The molecule has 0 atom stereocenters. The summed E-state index contributed by atoms with van der Waals surface area (Å²) < 4.78 is 12.2. The molecule has 0 aliphatic rings. The van der Waals surface area contributed by atoms with Gasteiger partial charge in [-0.25, -0.2) is 9.78 Å². The zero-order valence-electron chi connectivity index (χ0n) is 11.7. The maximum Gasteiger partial charge on any atom is 0.407 e. The number of rotatable bonds is 5. The molecule has 0 radical (unpaired) electrons. The van der Waals surface area contributed by atoms with Crippen LogP contribution in [0.3, 0.4) is 0 Å². The summed E-state index contributed by atoms with van der Waals surface area (Å²) in [5, 5.41) is 8.96. The highest BCUT2D eigenvalue weighted by atomic mass is 16.5. The normalized spacial score (nSPS) is 10.8. The molecular weight excluding hydrogens is 262 g/mol. The summed E-state index contributed by atoms with van der Waals surface area (Å²) >= 11 is 0. The van der Waals surface area contributed by atoms with Gasteiger partial charge in [-0.3, -0.25) is 0 Å². The van der Waals surface area contributed by atoms with E-state index in [4.69, 9.17) is 14.6 Å². The quantitative estimate of drug-likeness (QED) is 0.902. The second-order valence-corrected chi connectivity index (χ2v) is 4.37. The van der Waals surface area contributed by atoms with Crippen LogP contribution in [0.5, 0.6) is 5.75 Å². The number of imidazole rings is 1. The van der Waals surface area contributed by atoms with Crippen LogP contribution >= 0.6 is 0 Å². The first-order chi connectivity index (χ1) is 9.56. The minimum Gasteiger partial charge on any atom is -0.497 e. The van der Waals surface area contributed by atoms with Gasteiger partial charge in [0.25, 0.3) is 0 Å². The maximum absolute atomic E-state index is 10.9. The first-order valence-corrected chi connectivity index (χ1v) is 6.03. The first kappa shape index (κ1) is 14.1. The van der Waals surface area contributed by atoms with Gasteiger partial charge in [0.15, 0.2) is 0 Å². The number of hydrogen-bond acceptors (Lipinski definition) is 4. The van der Waals surface area contributed by atoms with Crippen molar-refractivity contribution in [2.45, 2.75) is 13.3 Å². The molecule has 2 rings (SSSR count). The first-order valence-electron chi connectivity index (χ1n) is 6.03. The predicted octanol–water partition coefficient (Wildman–Crippen LogP) is 1.76. The molecule has 1 heterocycles. The lowest BCUT2D eigenvalue weighted by atomic mass is 10.3. The molecule has 0 fully saturated rings. The molecule has 0 saturated carbocycles. The lowest BCUT2D eigenvalue weighted by Gasteiger charge is -2.14. The largest absolute Gasteiger partial charge is 0.497 e. The standard InChI is InChI=1S/C13H17N3O4/c1-15(13(17)18)7-12-14-10-5-4-9(20-3)6-11(10)16(12)8-19-2/h4-6H,7-8H2,1-3H3,(H,17,18). The van der Waals surface area contributed by atoms with E-state index < -0.39 is 6.09 Å². The second-order valence-electron chi connectivity index (χ2n) is 4.37. The van der Waals surface area contributed by atoms with Gasteiger partial charge in [0.05, 0.1) is 24.7 Å². The van der Waals surface area contributed by atoms with E-state index in [0.717, 1.165) is 11.0 Å². The third-order valence-electron chi connectivity index (χ3n) is 3.00. The average Bonchev–Trinajstić information content (AvgIpc) is 2.76. The van der Waals surface area contributed by atoms with Crippen molar-refractivity contribution in [3.8, 4) is 5.75 Å². The molecule has 1 aromatic heterocycles. The summed E-state index contributed by atoms with van der Waals surface area (Å²) in [6.07, 6.45) is -1.00. The lowest BCUT2D eigenvalue weighted by Crippen LogP contribution is -2.26. The van der Waals surface area contributed by atoms with Crippen LogP contribution in [-0.2, 0) is 18.0 Å². The number of hydrogen-bond donors (Lipinski definition) is 1. The van der Waals surface area contributed by atoms with E-state index in [1.165, 1.54) is 11.9 Å². The molecule has 2 aromatic rings. The van der Waals surface area contributed by atoms with Crippen molar-refractivity contribution in [1.82, 2.24) is 14.5 Å². The Balaban J connectivity index is 2.47. The molecule has 1 aromatic carbocycles. The van der Waals surface area contributed by atoms with Crippen molar-refractivity contribution in [3.05, 3.63) is 24.0 Å². The highest BCUT2D eigenvalue weighted by Gasteiger charge is 2.15. The topological polar surface area (TPSA) is 76.8 Å². The van der Waals surface area contributed by atoms with Crippen LogP contribution < -0.4 is 4.74 Å². The van der Waals surface area contributed by atoms with Gasteiger partial charge in [-0.1, -0.05) is 0 Å². The average molecular weight is 279 g/mol. The third kappa shape index (κ3) is 2.67. The van der Waals surface area contributed by atoms with Gasteiger partial charge in [-0.15, -0.1) is 0 Å². The van der Waals surface area contributed by atoms with Gasteiger partial charge in [0, 0.05) is 20.2 Å². The molecule has 0 aliphatic carbocycles. The Bertz CT molecular complexity index is 623. The zero-order valence-corrected chi connectivity index (χ0v) is 11.7. The summed E-state index contributed by atoms with van der Waals surface area (Å²) in [5.41, 5.74) is 1.62. The van der Waals surface area contributed by atoms with E-state index >= 15 is 0 Å². The van der Waals surface area contributed by atoms with E-state index in [0.29, 0.717) is 18.3 Å². The number of carboxylic acid groups (broad SMARTS) is 1. The summed E-state index contributed by atoms with van der Waals surface area (Å²) in [6, 6.07) is 5.51. The maximum atomic E-state index is 10.9. The van der Waals surface area contributed by atoms with Crippen molar-refractivity contribution >= 4 is 17.1 Å². The van der Waals surface area contributed by atoms with Crippen LogP contribution in [0.2, 0.25) is 0 Å². The van der Waals surface area contributed by atoms with Gasteiger partial charge in [0.1, 0.15) is 18.3 Å². The monoisotopic (exact) mass is 279 g/mol. The summed E-state index contributed by atoms with van der Waals surface area (Å²) in [6.45, 7) is 0.488. The SMILES string of the molecule is COCn1c(CN(C)C(=O)O)nc2ccc(OC)cc21. The molecule has 7 nitrogen and oxygen atoms in total. The minimum atomic E-state index is -1.00. The molecule has 0 bridgehead atoms. The Morgan fingerprint density at radius 1 is 1.45 bits per heavy atom. The summed E-state index contributed by atoms with van der Waals surface area (Å²) in [7, 11) is 4.67. The number of benzene rings is 1. The lowest BCUT2D eigenvalue weighted by molar-refractivity contribution is 0.126. The highest BCUT2D eigenvalue weighted by Crippen LogP contribution is 2.22. The van der Waals surface area contributed by atoms with Gasteiger partial charge in [0.2, 0.25) is 0 Å². The number of amides is 1. The number of fused-ring (bicyclic) bond motifs is 1. The van der Waals surface area contributed by atoms with E-state index in [9.17, 15) is 4.79 Å². The smallest absolute Gasteiger partial charge is 0.407 e. The van der Waals surface area contributed by atoms with E-state index in [2.05, 4.69) is 4.98 Å². The fraction of sp³-hybridized carbons (Fsp3) is 0.385. The number of carbonyl (C=O) groups is 1. The van der Waals surface area contributed by atoms with Crippen LogP contribution in [0.1, 0.15) is 5.82 Å². The molecule has 1 N–H and O–H groups in total. The third-order valence-corrected chi connectivity index (χ3v) is 3.00.